The van der Waals surface area contributed by atoms with Crippen molar-refractivity contribution in [2.45, 2.75) is 6.04 Å². The zero-order valence-electron chi connectivity index (χ0n) is 11.9. The molecule has 0 radical (unpaired) electrons. The van der Waals surface area contributed by atoms with E-state index in [0.717, 1.165) is 21.5 Å². The van der Waals surface area contributed by atoms with Crippen molar-refractivity contribution in [1.29, 1.82) is 0 Å². The van der Waals surface area contributed by atoms with Crippen LogP contribution in [0.2, 0.25) is 0 Å². The van der Waals surface area contributed by atoms with Crippen LogP contribution < -0.4 is 10.5 Å². The normalized spacial score (nSPS) is 12.4. The summed E-state index contributed by atoms with van der Waals surface area (Å²) in [6, 6.07) is 14.1. The number of nitrogen functional groups attached to an aromatic ring is 1. The van der Waals surface area contributed by atoms with Gasteiger partial charge in [-0.25, -0.2) is 0 Å². The van der Waals surface area contributed by atoms with E-state index in [-0.39, 0.29) is 6.04 Å². The topological polar surface area (TPSA) is 38.5 Å². The van der Waals surface area contributed by atoms with Crippen molar-refractivity contribution < 1.29 is 4.74 Å². The Morgan fingerprint density at radius 1 is 1.10 bits per heavy atom. The molecule has 2 aromatic carbocycles. The van der Waals surface area contributed by atoms with E-state index in [1.54, 1.807) is 7.11 Å². The summed E-state index contributed by atoms with van der Waals surface area (Å²) >= 11 is 3.53. The lowest BCUT2D eigenvalue weighted by molar-refractivity contribution is 0.326. The third-order valence-electron chi connectivity index (χ3n) is 3.25. The number of ether oxygens (including phenoxy) is 1. The summed E-state index contributed by atoms with van der Waals surface area (Å²) in [5, 5.41) is 0. The second-order valence-corrected chi connectivity index (χ2v) is 5.83. The molecular weight excluding hydrogens is 316 g/mol. The number of nitrogens with two attached hydrogens (primary N) is 1. The molecule has 0 aliphatic heterocycles. The van der Waals surface area contributed by atoms with E-state index in [9.17, 15) is 0 Å². The van der Waals surface area contributed by atoms with Crippen LogP contribution in [0.3, 0.4) is 0 Å². The van der Waals surface area contributed by atoms with Gasteiger partial charge in [0.05, 0.1) is 13.2 Å². The predicted molar refractivity (Wildman–Crippen MR) is 87.1 cm³/mol. The molecular formula is C16H19BrN2O. The third kappa shape index (κ3) is 3.14. The van der Waals surface area contributed by atoms with Crippen molar-refractivity contribution in [2.24, 2.45) is 0 Å². The first-order valence-corrected chi connectivity index (χ1v) is 7.17. The van der Waals surface area contributed by atoms with E-state index in [1.165, 1.54) is 5.56 Å². The molecule has 1 atom stereocenters. The summed E-state index contributed by atoms with van der Waals surface area (Å²) < 4.78 is 6.54. The first-order valence-electron chi connectivity index (χ1n) is 6.38. The lowest BCUT2D eigenvalue weighted by Crippen LogP contribution is -2.21. The maximum atomic E-state index is 5.78. The number of benzene rings is 2. The second kappa shape index (κ2) is 6.29. The van der Waals surface area contributed by atoms with Crippen LogP contribution in [0.5, 0.6) is 5.75 Å². The molecule has 0 aromatic heterocycles. The SMILES string of the molecule is COc1ccc(Br)cc1C(c1ccc(N)cc1)N(C)C. The van der Waals surface area contributed by atoms with E-state index in [4.69, 9.17) is 10.5 Å². The highest BCUT2D eigenvalue weighted by Crippen LogP contribution is 2.35. The van der Waals surface area contributed by atoms with Gasteiger partial charge in [-0.2, -0.15) is 0 Å². The molecule has 2 aromatic rings. The van der Waals surface area contributed by atoms with Gasteiger partial charge in [-0.3, -0.25) is 4.90 Å². The Labute approximate surface area is 128 Å². The Morgan fingerprint density at radius 2 is 1.75 bits per heavy atom. The van der Waals surface area contributed by atoms with Crippen LogP contribution in [-0.4, -0.2) is 26.1 Å². The summed E-state index contributed by atoms with van der Waals surface area (Å²) in [5.74, 6) is 0.878. The largest absolute Gasteiger partial charge is 0.496 e. The van der Waals surface area contributed by atoms with Crippen molar-refractivity contribution in [1.82, 2.24) is 4.90 Å². The van der Waals surface area contributed by atoms with Gasteiger partial charge in [0.25, 0.3) is 0 Å². The van der Waals surface area contributed by atoms with E-state index < -0.39 is 0 Å². The van der Waals surface area contributed by atoms with Gasteiger partial charge in [-0.15, -0.1) is 0 Å². The molecule has 0 amide bonds. The summed E-state index contributed by atoms with van der Waals surface area (Å²) in [4.78, 5) is 2.16. The van der Waals surface area contributed by atoms with E-state index in [2.05, 4.69) is 53.1 Å². The summed E-state index contributed by atoms with van der Waals surface area (Å²) in [6.07, 6.45) is 0. The Bertz CT molecular complexity index is 582. The van der Waals surface area contributed by atoms with Gasteiger partial charge >= 0.3 is 0 Å². The average molecular weight is 335 g/mol. The fourth-order valence-corrected chi connectivity index (χ4v) is 2.73. The van der Waals surface area contributed by atoms with Crippen LogP contribution in [0.1, 0.15) is 17.2 Å². The lowest BCUT2D eigenvalue weighted by atomic mass is 9.96. The fourth-order valence-electron chi connectivity index (χ4n) is 2.35. The Morgan fingerprint density at radius 3 is 2.30 bits per heavy atom. The van der Waals surface area contributed by atoms with Crippen LogP contribution in [0.15, 0.2) is 46.9 Å². The maximum Gasteiger partial charge on any atom is 0.124 e. The molecule has 0 spiro atoms. The van der Waals surface area contributed by atoms with E-state index in [0.29, 0.717) is 0 Å². The standard InChI is InChI=1S/C16H19BrN2O/c1-19(2)16(11-4-7-13(18)8-5-11)14-10-12(17)6-9-15(14)20-3/h4-10,16H,18H2,1-3H3. The average Bonchev–Trinajstić information content (AvgIpc) is 2.41. The van der Waals surface area contributed by atoms with Crippen LogP contribution in [0, 0.1) is 0 Å². The third-order valence-corrected chi connectivity index (χ3v) is 3.75. The Balaban J connectivity index is 2.53. The molecule has 0 saturated carbocycles. The molecule has 106 valence electrons. The van der Waals surface area contributed by atoms with Crippen molar-refractivity contribution in [3.05, 3.63) is 58.1 Å². The number of rotatable bonds is 4. The Kier molecular flexibility index (Phi) is 4.68. The van der Waals surface area contributed by atoms with Crippen LogP contribution in [0.4, 0.5) is 5.69 Å². The molecule has 2 rings (SSSR count). The number of nitrogens with zero attached hydrogens (tertiary/aromatic N) is 1. The highest BCUT2D eigenvalue weighted by atomic mass is 79.9. The highest BCUT2D eigenvalue weighted by Gasteiger charge is 2.20. The summed E-state index contributed by atoms with van der Waals surface area (Å²) in [7, 11) is 5.81. The lowest BCUT2D eigenvalue weighted by Gasteiger charge is -2.27. The zero-order chi connectivity index (χ0) is 14.7. The molecule has 0 heterocycles. The minimum Gasteiger partial charge on any atom is -0.496 e. The summed E-state index contributed by atoms with van der Waals surface area (Å²) in [6.45, 7) is 0. The first-order chi connectivity index (χ1) is 9.52. The van der Waals surface area contributed by atoms with Gasteiger partial charge in [0, 0.05) is 15.7 Å². The number of methoxy groups -OCH3 is 1. The quantitative estimate of drug-likeness (QED) is 0.866. The van der Waals surface area contributed by atoms with Gasteiger partial charge < -0.3 is 10.5 Å². The van der Waals surface area contributed by atoms with Crippen LogP contribution >= 0.6 is 15.9 Å². The molecule has 0 aliphatic rings. The second-order valence-electron chi connectivity index (χ2n) is 4.92. The molecule has 0 aliphatic carbocycles. The van der Waals surface area contributed by atoms with Crippen molar-refractivity contribution in [3.8, 4) is 5.75 Å². The molecule has 20 heavy (non-hydrogen) atoms. The van der Waals surface area contributed by atoms with Crippen LogP contribution in [0.25, 0.3) is 0 Å². The molecule has 2 N–H and O–H groups in total. The van der Waals surface area contributed by atoms with Gasteiger partial charge in [0.15, 0.2) is 0 Å². The first kappa shape index (κ1) is 14.9. The smallest absolute Gasteiger partial charge is 0.124 e. The fraction of sp³-hybridized carbons (Fsp3) is 0.250. The van der Waals surface area contributed by atoms with Gasteiger partial charge in [0.1, 0.15) is 5.75 Å². The molecule has 0 saturated heterocycles. The van der Waals surface area contributed by atoms with Crippen molar-refractivity contribution >= 4 is 21.6 Å². The molecule has 3 nitrogen and oxygen atoms in total. The number of hydrogen-bond donors (Lipinski definition) is 1. The molecule has 0 fully saturated rings. The maximum absolute atomic E-state index is 5.78. The number of halogens is 1. The van der Waals surface area contributed by atoms with E-state index in [1.807, 2.05) is 24.3 Å². The predicted octanol–water partition coefficient (Wildman–Crippen LogP) is 3.69. The van der Waals surface area contributed by atoms with Crippen LogP contribution in [-0.2, 0) is 0 Å². The van der Waals surface area contributed by atoms with Crippen molar-refractivity contribution in [3.63, 3.8) is 0 Å². The minimum atomic E-state index is 0.114. The van der Waals surface area contributed by atoms with Gasteiger partial charge in [-0.05, 0) is 50.0 Å². The highest BCUT2D eigenvalue weighted by molar-refractivity contribution is 9.10. The van der Waals surface area contributed by atoms with E-state index >= 15 is 0 Å². The zero-order valence-corrected chi connectivity index (χ0v) is 13.5. The Hall–Kier alpha value is -1.52. The molecule has 1 unspecified atom stereocenters. The minimum absolute atomic E-state index is 0.114. The van der Waals surface area contributed by atoms with Crippen molar-refractivity contribution in [2.75, 3.05) is 26.9 Å². The summed E-state index contributed by atoms with van der Waals surface area (Å²) in [5.41, 5.74) is 8.85. The number of hydrogen-bond acceptors (Lipinski definition) is 3. The molecule has 4 heteroatoms. The number of anilines is 1. The van der Waals surface area contributed by atoms with Gasteiger partial charge in [-0.1, -0.05) is 28.1 Å². The monoisotopic (exact) mass is 334 g/mol. The molecule has 0 bridgehead atoms. The van der Waals surface area contributed by atoms with Gasteiger partial charge in [0.2, 0.25) is 0 Å².